The van der Waals surface area contributed by atoms with Gasteiger partial charge in [-0.1, -0.05) is 4.85 Å². The third kappa shape index (κ3) is 1.98. The van der Waals surface area contributed by atoms with Crippen molar-refractivity contribution >= 4 is 6.09 Å². The van der Waals surface area contributed by atoms with Crippen molar-refractivity contribution in [2.24, 2.45) is 0 Å². The number of nitrogens with zero attached hydrogens (tertiary/aromatic N) is 3. The lowest BCUT2D eigenvalue weighted by atomic mass is 10.5. The quantitative estimate of drug-likeness (QED) is 0.607. The van der Waals surface area contributed by atoms with E-state index in [1.165, 1.54) is 4.90 Å². The number of carbonyl (C=O) groups is 1. The summed E-state index contributed by atoms with van der Waals surface area (Å²) in [6.45, 7) is 1.82. The second kappa shape index (κ2) is 3.25. The van der Waals surface area contributed by atoms with Crippen molar-refractivity contribution in [3.63, 3.8) is 0 Å². The molecule has 0 unspecified atom stereocenters. The molecule has 0 saturated heterocycles. The minimum Gasteiger partial charge on any atom is -0.312 e. The number of hydrogen-bond acceptors (Lipinski definition) is 3. The maximum Gasteiger partial charge on any atom is 0.435 e. The Morgan fingerprint density at radius 2 is 2.33 bits per heavy atom. The molecule has 5 heteroatoms. The fraction of sp³-hybridized carbons (Fsp3) is 0.429. The van der Waals surface area contributed by atoms with Crippen molar-refractivity contribution in [2.75, 3.05) is 14.1 Å². The van der Waals surface area contributed by atoms with Crippen LogP contribution in [0, 0.1) is 6.92 Å². The molecule has 1 rings (SSSR count). The Morgan fingerprint density at radius 1 is 1.67 bits per heavy atom. The van der Waals surface area contributed by atoms with Gasteiger partial charge in [-0.25, -0.2) is 4.79 Å². The van der Waals surface area contributed by atoms with Crippen LogP contribution in [0.1, 0.15) is 5.69 Å². The summed E-state index contributed by atoms with van der Waals surface area (Å²) in [6, 6.07) is 1.75. The molecule has 0 aliphatic rings. The first-order valence-electron chi connectivity index (χ1n) is 3.51. The van der Waals surface area contributed by atoms with Crippen LogP contribution >= 0.6 is 0 Å². The van der Waals surface area contributed by atoms with Crippen molar-refractivity contribution in [3.05, 3.63) is 18.0 Å². The van der Waals surface area contributed by atoms with Crippen molar-refractivity contribution in [3.8, 4) is 0 Å². The molecular weight excluding hydrogens is 158 g/mol. The molecule has 66 valence electrons. The zero-order valence-corrected chi connectivity index (χ0v) is 7.31. The number of hydrogen-bond donors (Lipinski definition) is 0. The molecular formula is C7H11N3O2. The van der Waals surface area contributed by atoms with E-state index in [2.05, 4.69) is 5.10 Å². The van der Waals surface area contributed by atoms with Gasteiger partial charge in [0.2, 0.25) is 0 Å². The summed E-state index contributed by atoms with van der Waals surface area (Å²) in [4.78, 5) is 18.2. The van der Waals surface area contributed by atoms with Crippen molar-refractivity contribution in [1.29, 1.82) is 0 Å². The first-order valence-corrected chi connectivity index (χ1v) is 3.51. The molecule has 1 heterocycles. The van der Waals surface area contributed by atoms with E-state index >= 15 is 0 Å². The van der Waals surface area contributed by atoms with E-state index in [1.54, 1.807) is 26.4 Å². The molecule has 0 atom stereocenters. The zero-order chi connectivity index (χ0) is 9.14. The Kier molecular flexibility index (Phi) is 2.32. The van der Waals surface area contributed by atoms with Crippen LogP contribution in [0.5, 0.6) is 0 Å². The molecule has 0 aromatic carbocycles. The highest BCUT2D eigenvalue weighted by Crippen LogP contribution is 1.90. The molecule has 0 bridgehead atoms. The number of amides is 1. The van der Waals surface area contributed by atoms with Gasteiger partial charge in [0.1, 0.15) is 0 Å². The van der Waals surface area contributed by atoms with Crippen LogP contribution in [0.3, 0.4) is 0 Å². The lowest BCUT2D eigenvalue weighted by Crippen LogP contribution is -2.31. The van der Waals surface area contributed by atoms with Crippen molar-refractivity contribution in [2.45, 2.75) is 6.92 Å². The first kappa shape index (κ1) is 8.58. The molecule has 12 heavy (non-hydrogen) atoms. The number of aromatic nitrogens is 2. The fourth-order valence-electron chi connectivity index (χ4n) is 0.606. The maximum absolute atomic E-state index is 11.0. The van der Waals surface area contributed by atoms with E-state index in [0.717, 1.165) is 10.5 Å². The fourth-order valence-corrected chi connectivity index (χ4v) is 0.606. The number of aryl methyl sites for hydroxylation is 1. The zero-order valence-electron chi connectivity index (χ0n) is 7.31. The van der Waals surface area contributed by atoms with Crippen LogP contribution in [-0.2, 0) is 0 Å². The number of rotatable bonds is 1. The van der Waals surface area contributed by atoms with Gasteiger partial charge in [-0.05, 0) is 13.0 Å². The molecule has 0 saturated carbocycles. The molecule has 0 fully saturated rings. The largest absolute Gasteiger partial charge is 0.435 e. The summed E-state index contributed by atoms with van der Waals surface area (Å²) in [5.74, 6) is 0. The van der Waals surface area contributed by atoms with Crippen LogP contribution in [0.25, 0.3) is 0 Å². The first-order chi connectivity index (χ1) is 5.59. The van der Waals surface area contributed by atoms with Gasteiger partial charge in [0, 0.05) is 14.1 Å². The van der Waals surface area contributed by atoms with Crippen LogP contribution in [0.15, 0.2) is 12.3 Å². The summed E-state index contributed by atoms with van der Waals surface area (Å²) < 4.78 is 0. The summed E-state index contributed by atoms with van der Waals surface area (Å²) in [7, 11) is 3.22. The summed E-state index contributed by atoms with van der Waals surface area (Å²) in [5, 5.41) is 3.88. The Morgan fingerprint density at radius 3 is 2.75 bits per heavy atom. The summed E-state index contributed by atoms with van der Waals surface area (Å²) in [6.07, 6.45) is 1.13. The third-order valence-electron chi connectivity index (χ3n) is 1.24. The third-order valence-corrected chi connectivity index (χ3v) is 1.24. The Hall–Kier alpha value is -1.52. The van der Waals surface area contributed by atoms with E-state index in [4.69, 9.17) is 4.84 Å². The van der Waals surface area contributed by atoms with Crippen molar-refractivity contribution in [1.82, 2.24) is 14.8 Å². The monoisotopic (exact) mass is 169 g/mol. The minimum atomic E-state index is -0.446. The van der Waals surface area contributed by atoms with Gasteiger partial charge in [0.05, 0.1) is 11.9 Å². The SMILES string of the molecule is Cc1ccn(OC(=O)N(C)C)n1. The molecule has 0 aliphatic heterocycles. The molecule has 1 aromatic heterocycles. The topological polar surface area (TPSA) is 47.4 Å². The lowest BCUT2D eigenvalue weighted by molar-refractivity contribution is 0.0915. The van der Waals surface area contributed by atoms with Gasteiger partial charge in [0.15, 0.2) is 0 Å². The molecule has 5 nitrogen and oxygen atoms in total. The van der Waals surface area contributed by atoms with E-state index in [0.29, 0.717) is 0 Å². The highest BCUT2D eigenvalue weighted by atomic mass is 16.7. The van der Waals surface area contributed by atoms with Gasteiger partial charge in [-0.3, -0.25) is 4.84 Å². The van der Waals surface area contributed by atoms with Crippen LogP contribution < -0.4 is 4.84 Å². The number of carbonyl (C=O) groups excluding carboxylic acids is 1. The van der Waals surface area contributed by atoms with E-state index in [-0.39, 0.29) is 0 Å². The highest BCUT2D eigenvalue weighted by molar-refractivity contribution is 5.66. The van der Waals surface area contributed by atoms with E-state index < -0.39 is 6.09 Å². The molecule has 0 N–H and O–H groups in total. The molecule has 1 amide bonds. The van der Waals surface area contributed by atoms with Crippen LogP contribution in [0.2, 0.25) is 0 Å². The average Bonchev–Trinajstić information content (AvgIpc) is 2.35. The standard InChI is InChI=1S/C7H11N3O2/c1-6-4-5-10(8-6)12-7(11)9(2)3/h4-5H,1-3H3. The van der Waals surface area contributed by atoms with Gasteiger partial charge in [0.25, 0.3) is 0 Å². The normalized spacial score (nSPS) is 9.58. The molecule has 0 spiro atoms. The Labute approximate surface area is 70.5 Å². The smallest absolute Gasteiger partial charge is 0.312 e. The van der Waals surface area contributed by atoms with Crippen LogP contribution in [-0.4, -0.2) is 35.0 Å². The van der Waals surface area contributed by atoms with Crippen molar-refractivity contribution < 1.29 is 9.63 Å². The van der Waals surface area contributed by atoms with Gasteiger partial charge in [-0.15, -0.1) is 5.10 Å². The van der Waals surface area contributed by atoms with Gasteiger partial charge < -0.3 is 4.90 Å². The molecule has 0 aliphatic carbocycles. The summed E-state index contributed by atoms with van der Waals surface area (Å²) in [5.41, 5.74) is 0.807. The van der Waals surface area contributed by atoms with Crippen LogP contribution in [0.4, 0.5) is 4.79 Å². The Bertz CT molecular complexity index is 280. The molecule has 0 radical (unpaired) electrons. The summed E-state index contributed by atoms with van der Waals surface area (Å²) >= 11 is 0. The lowest BCUT2D eigenvalue weighted by Gasteiger charge is -2.08. The predicted octanol–water partition coefficient (Wildman–Crippen LogP) is 0.302. The van der Waals surface area contributed by atoms with Gasteiger partial charge >= 0.3 is 6.09 Å². The van der Waals surface area contributed by atoms with E-state index in [9.17, 15) is 4.79 Å². The second-order valence-corrected chi connectivity index (χ2v) is 2.61. The predicted molar refractivity (Wildman–Crippen MR) is 42.6 cm³/mol. The van der Waals surface area contributed by atoms with Gasteiger partial charge in [-0.2, -0.15) is 0 Å². The second-order valence-electron chi connectivity index (χ2n) is 2.61. The highest BCUT2D eigenvalue weighted by Gasteiger charge is 2.06. The Balaban J connectivity index is 2.58. The van der Waals surface area contributed by atoms with E-state index in [1.807, 2.05) is 6.92 Å². The minimum absolute atomic E-state index is 0.446. The molecule has 1 aromatic rings. The average molecular weight is 169 g/mol. The maximum atomic E-state index is 11.0.